The van der Waals surface area contributed by atoms with Crippen LogP contribution in [-0.2, 0) is 22.1 Å². The minimum atomic E-state index is -0.309. The molecule has 6 nitrogen and oxygen atoms in total. The van der Waals surface area contributed by atoms with Gasteiger partial charge in [-0.3, -0.25) is 10.2 Å². The van der Waals surface area contributed by atoms with Gasteiger partial charge in [0.15, 0.2) is 5.78 Å². The molecule has 3 rings (SSSR count). The van der Waals surface area contributed by atoms with Crippen molar-refractivity contribution in [1.82, 2.24) is 4.90 Å². The van der Waals surface area contributed by atoms with Crippen molar-refractivity contribution < 1.29 is 19.4 Å². The van der Waals surface area contributed by atoms with E-state index in [9.17, 15) is 9.90 Å². The van der Waals surface area contributed by atoms with Crippen LogP contribution in [0.15, 0.2) is 30.3 Å². The number of aromatic hydroxyl groups is 1. The molecular formula is C27H36N2O4. The lowest BCUT2D eigenvalue weighted by atomic mass is 9.78. The molecule has 0 spiro atoms. The van der Waals surface area contributed by atoms with Crippen molar-refractivity contribution in [3.05, 3.63) is 58.1 Å². The number of carbonyl (C=O) groups is 1. The summed E-state index contributed by atoms with van der Waals surface area (Å²) >= 11 is 0. The number of ketones is 1. The number of Topliss-reactive ketones (excluding diaryl/α,β-unsaturated/α-hetero) is 1. The summed E-state index contributed by atoms with van der Waals surface area (Å²) in [4.78, 5) is 15.1. The minimum Gasteiger partial charge on any atom is -0.507 e. The Labute approximate surface area is 197 Å². The van der Waals surface area contributed by atoms with Crippen LogP contribution in [0.4, 0.5) is 0 Å². The largest absolute Gasteiger partial charge is 0.507 e. The Kier molecular flexibility index (Phi) is 6.89. The number of amidine groups is 1. The smallest absolute Gasteiger partial charge is 0.182 e. The summed E-state index contributed by atoms with van der Waals surface area (Å²) in [5.41, 5.74) is 3.26. The van der Waals surface area contributed by atoms with Crippen molar-refractivity contribution in [3.8, 4) is 11.5 Å². The Morgan fingerprint density at radius 2 is 1.64 bits per heavy atom. The highest BCUT2D eigenvalue weighted by Gasteiger charge is 2.30. The van der Waals surface area contributed by atoms with Crippen LogP contribution in [0.3, 0.4) is 0 Å². The first-order valence-electron chi connectivity index (χ1n) is 11.3. The maximum Gasteiger partial charge on any atom is 0.182 e. The normalized spacial score (nSPS) is 13.9. The number of carbonyl (C=O) groups excluding carboxylic acids is 1. The summed E-state index contributed by atoms with van der Waals surface area (Å²) in [6, 6.07) is 9.27. The van der Waals surface area contributed by atoms with Gasteiger partial charge in [-0.2, -0.15) is 0 Å². The number of ether oxygens (including phenoxy) is 2. The van der Waals surface area contributed by atoms with Crippen molar-refractivity contribution in [2.24, 2.45) is 0 Å². The molecule has 0 aliphatic carbocycles. The van der Waals surface area contributed by atoms with Gasteiger partial charge in [0, 0.05) is 35.9 Å². The van der Waals surface area contributed by atoms with Crippen molar-refractivity contribution in [1.29, 1.82) is 5.41 Å². The van der Waals surface area contributed by atoms with E-state index in [0.717, 1.165) is 28.0 Å². The number of benzene rings is 2. The van der Waals surface area contributed by atoms with Crippen molar-refractivity contribution >= 4 is 11.6 Å². The lowest BCUT2D eigenvalue weighted by Crippen LogP contribution is -2.30. The van der Waals surface area contributed by atoms with Gasteiger partial charge in [0.1, 0.15) is 23.9 Å². The highest BCUT2D eigenvalue weighted by atomic mass is 16.5. The Hall–Kier alpha value is -2.86. The van der Waals surface area contributed by atoms with Gasteiger partial charge in [0.25, 0.3) is 0 Å². The quantitative estimate of drug-likeness (QED) is 0.454. The van der Waals surface area contributed by atoms with Gasteiger partial charge in [0.2, 0.25) is 0 Å². The summed E-state index contributed by atoms with van der Waals surface area (Å²) in [5.74, 6) is 1.26. The maximum atomic E-state index is 13.3. The maximum absolute atomic E-state index is 13.3. The van der Waals surface area contributed by atoms with Crippen LogP contribution < -0.4 is 4.74 Å². The molecule has 33 heavy (non-hydrogen) atoms. The first kappa shape index (κ1) is 24.8. The second kappa shape index (κ2) is 9.18. The van der Waals surface area contributed by atoms with E-state index in [-0.39, 0.29) is 28.9 Å². The standard InChI is InChI=1S/C27H36N2O4/c1-26(2,3)21-13-17(14-22(24(21)31)27(4,5)6)23(30)16-29-15-18-12-19(33-11-10-32-7)8-9-20(18)25(29)28/h8-9,12-14,28,31H,10-11,15-16H2,1-7H3. The fraction of sp³-hybridized carbons (Fsp3) is 0.481. The molecule has 0 saturated carbocycles. The fourth-order valence-corrected chi connectivity index (χ4v) is 4.06. The van der Waals surface area contributed by atoms with Gasteiger partial charge in [-0.15, -0.1) is 0 Å². The zero-order chi connectivity index (χ0) is 24.6. The van der Waals surface area contributed by atoms with Crippen LogP contribution in [-0.4, -0.2) is 48.5 Å². The molecule has 0 fully saturated rings. The van der Waals surface area contributed by atoms with Crippen LogP contribution in [0.2, 0.25) is 0 Å². The van der Waals surface area contributed by atoms with Crippen molar-refractivity contribution in [3.63, 3.8) is 0 Å². The summed E-state index contributed by atoms with van der Waals surface area (Å²) in [6.07, 6.45) is 0. The number of hydrogen-bond donors (Lipinski definition) is 2. The van der Waals surface area contributed by atoms with Crippen LogP contribution >= 0.6 is 0 Å². The summed E-state index contributed by atoms with van der Waals surface area (Å²) in [5, 5.41) is 19.5. The predicted octanol–water partition coefficient (Wildman–Crippen LogP) is 5.04. The molecule has 0 bridgehead atoms. The highest BCUT2D eigenvalue weighted by molar-refractivity contribution is 6.05. The molecule has 0 atom stereocenters. The van der Waals surface area contributed by atoms with E-state index in [1.807, 2.05) is 71.9 Å². The molecule has 2 aromatic carbocycles. The lowest BCUT2D eigenvalue weighted by molar-refractivity contribution is 0.0962. The first-order valence-corrected chi connectivity index (χ1v) is 11.3. The number of nitrogens with zero attached hydrogens (tertiary/aromatic N) is 1. The second-order valence-corrected chi connectivity index (χ2v) is 10.7. The van der Waals surface area contributed by atoms with E-state index in [1.165, 1.54) is 0 Å². The monoisotopic (exact) mass is 452 g/mol. The molecule has 1 aliphatic rings. The molecule has 2 aromatic rings. The topological polar surface area (TPSA) is 82.8 Å². The summed E-state index contributed by atoms with van der Waals surface area (Å²) < 4.78 is 10.7. The number of fused-ring (bicyclic) bond motifs is 1. The molecule has 1 heterocycles. The first-order chi connectivity index (χ1) is 15.3. The number of phenols is 1. The van der Waals surface area contributed by atoms with Gasteiger partial charge in [-0.05, 0) is 46.7 Å². The van der Waals surface area contributed by atoms with Crippen LogP contribution in [0.5, 0.6) is 11.5 Å². The molecular weight excluding hydrogens is 416 g/mol. The van der Waals surface area contributed by atoms with Crippen molar-refractivity contribution in [2.75, 3.05) is 26.9 Å². The third-order valence-electron chi connectivity index (χ3n) is 5.95. The number of hydrogen-bond acceptors (Lipinski definition) is 5. The third-order valence-corrected chi connectivity index (χ3v) is 5.95. The van der Waals surface area contributed by atoms with Crippen molar-refractivity contribution in [2.45, 2.75) is 58.9 Å². The Morgan fingerprint density at radius 3 is 2.18 bits per heavy atom. The van der Waals surface area contributed by atoms with E-state index in [2.05, 4.69) is 0 Å². The van der Waals surface area contributed by atoms with Crippen LogP contribution in [0.1, 0.15) is 74.2 Å². The van der Waals surface area contributed by atoms with Gasteiger partial charge < -0.3 is 19.5 Å². The highest BCUT2D eigenvalue weighted by Crippen LogP contribution is 2.40. The number of nitrogens with one attached hydrogen (secondary N) is 1. The third kappa shape index (κ3) is 5.38. The van der Waals surface area contributed by atoms with E-state index >= 15 is 0 Å². The van der Waals surface area contributed by atoms with E-state index in [4.69, 9.17) is 14.9 Å². The van der Waals surface area contributed by atoms with Gasteiger partial charge in [-0.1, -0.05) is 41.5 Å². The zero-order valence-electron chi connectivity index (χ0n) is 20.8. The molecule has 6 heteroatoms. The van der Waals surface area contributed by atoms with Gasteiger partial charge in [0.05, 0.1) is 13.2 Å². The number of rotatable bonds is 7. The number of phenolic OH excluding ortho intramolecular Hbond substituents is 1. The van der Waals surface area contributed by atoms with Crippen LogP contribution in [0.25, 0.3) is 0 Å². The lowest BCUT2D eigenvalue weighted by Gasteiger charge is -2.28. The zero-order valence-corrected chi connectivity index (χ0v) is 20.8. The average molecular weight is 453 g/mol. The summed E-state index contributed by atoms with van der Waals surface area (Å²) in [6.45, 7) is 13.7. The van der Waals surface area contributed by atoms with Gasteiger partial charge >= 0.3 is 0 Å². The Bertz CT molecular complexity index is 1030. The minimum absolute atomic E-state index is 0.0693. The predicted molar refractivity (Wildman–Crippen MR) is 131 cm³/mol. The number of methoxy groups -OCH3 is 1. The average Bonchev–Trinajstić information content (AvgIpc) is 3.01. The fourth-order valence-electron chi connectivity index (χ4n) is 4.06. The van der Waals surface area contributed by atoms with Crippen LogP contribution in [0, 0.1) is 5.41 Å². The molecule has 1 aliphatic heterocycles. The van der Waals surface area contributed by atoms with E-state index in [0.29, 0.717) is 31.2 Å². The molecule has 0 amide bonds. The molecule has 0 radical (unpaired) electrons. The second-order valence-electron chi connectivity index (χ2n) is 10.7. The molecule has 0 unspecified atom stereocenters. The Balaban J connectivity index is 1.84. The molecule has 0 saturated heterocycles. The molecule has 2 N–H and O–H groups in total. The van der Waals surface area contributed by atoms with Gasteiger partial charge in [-0.25, -0.2) is 0 Å². The Morgan fingerprint density at radius 1 is 1.03 bits per heavy atom. The molecule has 178 valence electrons. The van der Waals surface area contributed by atoms with E-state index < -0.39 is 0 Å². The van der Waals surface area contributed by atoms with E-state index in [1.54, 1.807) is 12.0 Å². The molecule has 0 aromatic heterocycles. The summed E-state index contributed by atoms with van der Waals surface area (Å²) in [7, 11) is 1.63. The SMILES string of the molecule is COCCOc1ccc2c(c1)CN(CC(=O)c1cc(C(C)(C)C)c(O)c(C(C)(C)C)c1)C2=N.